The maximum Gasteiger partial charge on any atom is 0.105 e. The lowest BCUT2D eigenvalue weighted by Crippen LogP contribution is -2.45. The van der Waals surface area contributed by atoms with Crippen LogP contribution in [-0.4, -0.2) is 39.6 Å². The van der Waals surface area contributed by atoms with Gasteiger partial charge in [0.1, 0.15) is 5.60 Å². The third kappa shape index (κ3) is 2.62. The van der Waals surface area contributed by atoms with Gasteiger partial charge in [0, 0.05) is 31.1 Å². The molecule has 4 heterocycles. The van der Waals surface area contributed by atoms with Gasteiger partial charge in [-0.1, -0.05) is 5.21 Å². The van der Waals surface area contributed by atoms with E-state index in [1.54, 1.807) is 0 Å². The first-order chi connectivity index (χ1) is 11.2. The highest BCUT2D eigenvalue weighted by Gasteiger charge is 2.41. The third-order valence-corrected chi connectivity index (χ3v) is 6.42. The molecule has 0 aliphatic carbocycles. The molecular weight excluding hydrogens is 308 g/mol. The zero-order valence-corrected chi connectivity index (χ0v) is 14.7. The summed E-state index contributed by atoms with van der Waals surface area (Å²) < 4.78 is 8.32. The number of rotatable bonds is 3. The van der Waals surface area contributed by atoms with E-state index >= 15 is 0 Å². The first-order valence-electron chi connectivity index (χ1n) is 8.54. The molecule has 5 nitrogen and oxygen atoms in total. The van der Waals surface area contributed by atoms with Gasteiger partial charge in [-0.15, -0.1) is 16.4 Å². The predicted molar refractivity (Wildman–Crippen MR) is 90.6 cm³/mol. The lowest BCUT2D eigenvalue weighted by Gasteiger charge is -2.43. The molecule has 1 spiro atoms. The second kappa shape index (κ2) is 6.00. The van der Waals surface area contributed by atoms with Crippen molar-refractivity contribution < 1.29 is 4.74 Å². The van der Waals surface area contributed by atoms with Crippen LogP contribution >= 0.6 is 11.3 Å². The summed E-state index contributed by atoms with van der Waals surface area (Å²) in [4.78, 5) is 4.01. The Morgan fingerprint density at radius 1 is 1.35 bits per heavy atom. The zero-order valence-electron chi connectivity index (χ0n) is 13.9. The summed E-state index contributed by atoms with van der Waals surface area (Å²) in [5.41, 5.74) is 3.81. The molecule has 0 bridgehead atoms. The van der Waals surface area contributed by atoms with E-state index in [4.69, 9.17) is 4.74 Å². The molecule has 2 aromatic heterocycles. The minimum atomic E-state index is -0.0173. The molecule has 0 saturated carbocycles. The van der Waals surface area contributed by atoms with Crippen LogP contribution in [0.1, 0.15) is 41.6 Å². The van der Waals surface area contributed by atoms with E-state index in [9.17, 15) is 0 Å². The van der Waals surface area contributed by atoms with E-state index in [1.807, 2.05) is 16.0 Å². The maximum atomic E-state index is 6.30. The zero-order chi connectivity index (χ0) is 15.9. The summed E-state index contributed by atoms with van der Waals surface area (Å²) in [6, 6.07) is 2.28. The summed E-state index contributed by atoms with van der Waals surface area (Å²) in [5, 5.41) is 10.7. The highest BCUT2D eigenvalue weighted by Crippen LogP contribution is 2.44. The van der Waals surface area contributed by atoms with Gasteiger partial charge < -0.3 is 4.74 Å². The Morgan fingerprint density at radius 2 is 2.17 bits per heavy atom. The van der Waals surface area contributed by atoms with Crippen LogP contribution in [0.3, 0.4) is 0 Å². The van der Waals surface area contributed by atoms with Crippen LogP contribution in [0, 0.1) is 6.92 Å². The fraction of sp³-hybridized carbons (Fsp3) is 0.647. The lowest BCUT2D eigenvalue weighted by molar-refractivity contribution is -0.0963. The van der Waals surface area contributed by atoms with E-state index in [0.29, 0.717) is 0 Å². The molecule has 0 N–H and O–H groups in total. The van der Waals surface area contributed by atoms with E-state index < -0.39 is 0 Å². The van der Waals surface area contributed by atoms with Crippen LogP contribution in [0.15, 0.2) is 11.4 Å². The van der Waals surface area contributed by atoms with Crippen LogP contribution in [0.4, 0.5) is 0 Å². The van der Waals surface area contributed by atoms with Crippen LogP contribution in [0.5, 0.6) is 0 Å². The van der Waals surface area contributed by atoms with E-state index in [1.165, 1.54) is 16.1 Å². The standard InChI is InChI=1S/C17H24N4OS/c1-3-21-15(13(2)18-19-21)12-20-8-6-17(7-9-20)16-14(4-10-22-17)5-11-23-16/h5,11H,3-4,6-10,12H2,1-2H3. The van der Waals surface area contributed by atoms with Gasteiger partial charge >= 0.3 is 0 Å². The molecule has 0 unspecified atom stereocenters. The average molecular weight is 332 g/mol. The molecule has 1 saturated heterocycles. The van der Waals surface area contributed by atoms with Crippen molar-refractivity contribution >= 4 is 11.3 Å². The Bertz CT molecular complexity index is 685. The van der Waals surface area contributed by atoms with Crippen molar-refractivity contribution in [3.8, 4) is 0 Å². The minimum Gasteiger partial charge on any atom is -0.369 e. The third-order valence-electron chi connectivity index (χ3n) is 5.28. The number of hydrogen-bond donors (Lipinski definition) is 0. The van der Waals surface area contributed by atoms with Gasteiger partial charge in [0.05, 0.1) is 18.0 Å². The topological polar surface area (TPSA) is 43.2 Å². The van der Waals surface area contributed by atoms with E-state index in [0.717, 1.165) is 57.7 Å². The number of nitrogens with zero attached hydrogens (tertiary/aromatic N) is 4. The van der Waals surface area contributed by atoms with Gasteiger partial charge in [0.2, 0.25) is 0 Å². The van der Waals surface area contributed by atoms with E-state index in [2.05, 4.69) is 40.5 Å². The highest BCUT2D eigenvalue weighted by atomic mass is 32.1. The highest BCUT2D eigenvalue weighted by molar-refractivity contribution is 7.10. The second-order valence-corrected chi connectivity index (χ2v) is 7.50. The van der Waals surface area contributed by atoms with E-state index in [-0.39, 0.29) is 5.60 Å². The molecule has 23 heavy (non-hydrogen) atoms. The van der Waals surface area contributed by atoms with Crippen LogP contribution in [0.2, 0.25) is 0 Å². The average Bonchev–Trinajstić information content (AvgIpc) is 3.18. The van der Waals surface area contributed by atoms with Gasteiger partial charge in [0.25, 0.3) is 0 Å². The molecule has 0 radical (unpaired) electrons. The monoisotopic (exact) mass is 332 g/mol. The quantitative estimate of drug-likeness (QED) is 0.867. The maximum absolute atomic E-state index is 6.30. The Kier molecular flexibility index (Phi) is 3.99. The van der Waals surface area contributed by atoms with Crippen molar-refractivity contribution in [1.82, 2.24) is 19.9 Å². The van der Waals surface area contributed by atoms with Crippen molar-refractivity contribution in [3.63, 3.8) is 0 Å². The van der Waals surface area contributed by atoms with Crippen molar-refractivity contribution in [2.24, 2.45) is 0 Å². The summed E-state index contributed by atoms with van der Waals surface area (Å²) in [7, 11) is 0. The number of piperidine rings is 1. The Balaban J connectivity index is 1.47. The molecule has 0 aromatic carbocycles. The summed E-state index contributed by atoms with van der Waals surface area (Å²) in [6.45, 7) is 9.03. The molecule has 1 fully saturated rings. The first-order valence-corrected chi connectivity index (χ1v) is 9.42. The van der Waals surface area contributed by atoms with Gasteiger partial charge in [-0.2, -0.15) is 0 Å². The predicted octanol–water partition coefficient (Wildman–Crippen LogP) is 2.73. The molecule has 124 valence electrons. The number of fused-ring (bicyclic) bond motifs is 2. The Hall–Kier alpha value is -1.24. The second-order valence-electron chi connectivity index (χ2n) is 6.58. The molecule has 0 atom stereocenters. The molecule has 2 aliphatic heterocycles. The van der Waals surface area contributed by atoms with Crippen molar-refractivity contribution in [3.05, 3.63) is 33.3 Å². The van der Waals surface area contributed by atoms with Crippen molar-refractivity contribution in [2.45, 2.75) is 51.8 Å². The van der Waals surface area contributed by atoms with Crippen LogP contribution < -0.4 is 0 Å². The normalized spacial score (nSPS) is 20.8. The number of ether oxygens (including phenoxy) is 1. The fourth-order valence-electron chi connectivity index (χ4n) is 3.88. The number of aryl methyl sites for hydroxylation is 2. The first kappa shape index (κ1) is 15.3. The Morgan fingerprint density at radius 3 is 2.96 bits per heavy atom. The number of likely N-dealkylation sites (tertiary alicyclic amines) is 1. The molecule has 2 aromatic rings. The number of thiophene rings is 1. The minimum absolute atomic E-state index is 0.0173. The van der Waals surface area contributed by atoms with Gasteiger partial charge in [0.15, 0.2) is 0 Å². The SMILES string of the molecule is CCn1nnc(C)c1CN1CCC2(CC1)OCCc1ccsc12. The molecule has 2 aliphatic rings. The molecular formula is C17H24N4OS. The summed E-state index contributed by atoms with van der Waals surface area (Å²) in [6.07, 6.45) is 3.26. The molecule has 6 heteroatoms. The largest absolute Gasteiger partial charge is 0.369 e. The fourth-order valence-corrected chi connectivity index (χ4v) is 5.05. The number of aromatic nitrogens is 3. The smallest absolute Gasteiger partial charge is 0.105 e. The van der Waals surface area contributed by atoms with Gasteiger partial charge in [-0.05, 0) is 50.1 Å². The Labute approximate surface area is 141 Å². The molecule has 0 amide bonds. The summed E-state index contributed by atoms with van der Waals surface area (Å²) >= 11 is 1.88. The molecule has 4 rings (SSSR count). The lowest BCUT2D eigenvalue weighted by atomic mass is 9.85. The number of hydrogen-bond acceptors (Lipinski definition) is 5. The summed E-state index contributed by atoms with van der Waals surface area (Å²) in [5.74, 6) is 0. The van der Waals surface area contributed by atoms with Gasteiger partial charge in [-0.25, -0.2) is 4.68 Å². The van der Waals surface area contributed by atoms with Crippen LogP contribution in [-0.2, 0) is 29.8 Å². The van der Waals surface area contributed by atoms with Crippen LogP contribution in [0.25, 0.3) is 0 Å². The van der Waals surface area contributed by atoms with Crippen molar-refractivity contribution in [2.75, 3.05) is 19.7 Å². The van der Waals surface area contributed by atoms with Crippen molar-refractivity contribution in [1.29, 1.82) is 0 Å². The van der Waals surface area contributed by atoms with Gasteiger partial charge in [-0.3, -0.25) is 4.90 Å².